The number of methoxy groups -OCH3 is 1. The fourth-order valence-electron chi connectivity index (χ4n) is 3.31. The summed E-state index contributed by atoms with van der Waals surface area (Å²) in [6.07, 6.45) is 0. The van der Waals surface area contributed by atoms with Crippen LogP contribution in [-0.2, 0) is 4.79 Å². The zero-order chi connectivity index (χ0) is 20.8. The van der Waals surface area contributed by atoms with Gasteiger partial charge in [0.15, 0.2) is 0 Å². The normalized spacial score (nSPS) is 10.6. The SMILES string of the molecule is COc1ccc(-c2ccc(NC(=O)C(c3ccccc3)c3ccccc3)cc2)nn1. The van der Waals surface area contributed by atoms with Crippen LogP contribution in [0.5, 0.6) is 5.88 Å². The molecule has 0 saturated heterocycles. The first-order valence-electron chi connectivity index (χ1n) is 9.63. The van der Waals surface area contributed by atoms with Gasteiger partial charge in [0.1, 0.15) is 0 Å². The Kier molecular flexibility index (Phi) is 5.80. The van der Waals surface area contributed by atoms with Crippen molar-refractivity contribution in [3.8, 4) is 17.1 Å². The lowest BCUT2D eigenvalue weighted by molar-refractivity contribution is -0.116. The molecule has 0 bridgehead atoms. The third-order valence-corrected chi connectivity index (χ3v) is 4.83. The molecule has 0 aliphatic heterocycles. The van der Waals surface area contributed by atoms with Crippen molar-refractivity contribution in [2.75, 3.05) is 12.4 Å². The van der Waals surface area contributed by atoms with Crippen LogP contribution < -0.4 is 10.1 Å². The molecule has 0 radical (unpaired) electrons. The van der Waals surface area contributed by atoms with E-state index in [-0.39, 0.29) is 11.8 Å². The number of nitrogens with one attached hydrogen (secondary N) is 1. The second-order valence-electron chi connectivity index (χ2n) is 6.78. The molecule has 0 unspecified atom stereocenters. The second kappa shape index (κ2) is 9.01. The average Bonchev–Trinajstić information content (AvgIpc) is 2.81. The Hall–Kier alpha value is -3.99. The smallest absolute Gasteiger partial charge is 0.236 e. The fourth-order valence-corrected chi connectivity index (χ4v) is 3.31. The van der Waals surface area contributed by atoms with Crippen LogP contribution in [0.1, 0.15) is 17.0 Å². The van der Waals surface area contributed by atoms with E-state index in [9.17, 15) is 4.79 Å². The number of rotatable bonds is 6. The monoisotopic (exact) mass is 395 g/mol. The van der Waals surface area contributed by atoms with E-state index in [0.29, 0.717) is 5.88 Å². The predicted molar refractivity (Wildman–Crippen MR) is 117 cm³/mol. The van der Waals surface area contributed by atoms with E-state index in [1.165, 1.54) is 0 Å². The maximum absolute atomic E-state index is 13.2. The molecule has 1 aromatic heterocycles. The summed E-state index contributed by atoms with van der Waals surface area (Å²) in [5, 5.41) is 11.2. The molecule has 0 fully saturated rings. The number of hydrogen-bond donors (Lipinski definition) is 1. The Morgan fingerprint density at radius 3 is 1.87 bits per heavy atom. The molecule has 0 aliphatic carbocycles. The van der Waals surface area contributed by atoms with Crippen LogP contribution >= 0.6 is 0 Å². The van der Waals surface area contributed by atoms with Crippen LogP contribution in [-0.4, -0.2) is 23.2 Å². The standard InChI is InChI=1S/C25H21N3O2/c1-30-23-17-16-22(27-28-23)18-12-14-21(15-13-18)26-25(29)24(19-8-4-2-5-9-19)20-10-6-3-7-11-20/h2-17,24H,1H3,(H,26,29). The summed E-state index contributed by atoms with van der Waals surface area (Å²) in [6, 6.07) is 30.8. The van der Waals surface area contributed by atoms with Crippen molar-refractivity contribution in [1.29, 1.82) is 0 Å². The number of hydrogen-bond acceptors (Lipinski definition) is 4. The average molecular weight is 395 g/mol. The lowest BCUT2D eigenvalue weighted by atomic mass is 9.90. The van der Waals surface area contributed by atoms with Crippen molar-refractivity contribution in [1.82, 2.24) is 10.2 Å². The first kappa shape index (κ1) is 19.3. The summed E-state index contributed by atoms with van der Waals surface area (Å²) < 4.78 is 5.04. The molecule has 0 saturated carbocycles. The Labute approximate surface area is 175 Å². The van der Waals surface area contributed by atoms with Crippen LogP contribution in [0.4, 0.5) is 5.69 Å². The summed E-state index contributed by atoms with van der Waals surface area (Å²) in [4.78, 5) is 13.2. The largest absolute Gasteiger partial charge is 0.480 e. The number of ether oxygens (including phenoxy) is 1. The van der Waals surface area contributed by atoms with Gasteiger partial charge in [0.2, 0.25) is 11.8 Å². The minimum atomic E-state index is -0.389. The van der Waals surface area contributed by atoms with Crippen LogP contribution in [0, 0.1) is 0 Å². The predicted octanol–water partition coefficient (Wildman–Crippen LogP) is 4.92. The maximum atomic E-state index is 13.2. The zero-order valence-corrected chi connectivity index (χ0v) is 16.5. The summed E-state index contributed by atoms with van der Waals surface area (Å²) >= 11 is 0. The highest BCUT2D eigenvalue weighted by Crippen LogP contribution is 2.27. The zero-order valence-electron chi connectivity index (χ0n) is 16.5. The highest BCUT2D eigenvalue weighted by molar-refractivity contribution is 5.98. The molecule has 0 aliphatic rings. The van der Waals surface area contributed by atoms with Crippen molar-refractivity contribution in [3.05, 3.63) is 108 Å². The molecule has 5 nitrogen and oxygen atoms in total. The van der Waals surface area contributed by atoms with Gasteiger partial charge < -0.3 is 10.1 Å². The van der Waals surface area contributed by atoms with Gasteiger partial charge in [-0.3, -0.25) is 4.79 Å². The first-order valence-corrected chi connectivity index (χ1v) is 9.63. The van der Waals surface area contributed by atoms with E-state index in [4.69, 9.17) is 4.74 Å². The van der Waals surface area contributed by atoms with E-state index in [0.717, 1.165) is 28.1 Å². The van der Waals surface area contributed by atoms with Crippen molar-refractivity contribution < 1.29 is 9.53 Å². The van der Waals surface area contributed by atoms with Gasteiger partial charge in [0.05, 0.1) is 18.7 Å². The molecule has 148 valence electrons. The van der Waals surface area contributed by atoms with Crippen molar-refractivity contribution in [3.63, 3.8) is 0 Å². The molecule has 30 heavy (non-hydrogen) atoms. The molecular weight excluding hydrogens is 374 g/mol. The highest BCUT2D eigenvalue weighted by atomic mass is 16.5. The quantitative estimate of drug-likeness (QED) is 0.503. The number of aromatic nitrogens is 2. The van der Waals surface area contributed by atoms with Gasteiger partial charge in [0.25, 0.3) is 0 Å². The fraction of sp³-hybridized carbons (Fsp3) is 0.0800. The lowest BCUT2D eigenvalue weighted by Crippen LogP contribution is -2.22. The van der Waals surface area contributed by atoms with Gasteiger partial charge in [-0.1, -0.05) is 72.8 Å². The topological polar surface area (TPSA) is 64.1 Å². The number of carbonyl (C=O) groups excluding carboxylic acids is 1. The van der Waals surface area contributed by atoms with E-state index < -0.39 is 0 Å². The molecule has 3 aromatic carbocycles. The Bertz CT molecular complexity index is 1060. The first-order chi connectivity index (χ1) is 14.7. The Balaban J connectivity index is 1.55. The third-order valence-electron chi connectivity index (χ3n) is 4.83. The van der Waals surface area contributed by atoms with Gasteiger partial charge in [0, 0.05) is 17.3 Å². The Morgan fingerprint density at radius 2 is 1.37 bits per heavy atom. The number of anilines is 1. The van der Waals surface area contributed by atoms with E-state index >= 15 is 0 Å². The van der Waals surface area contributed by atoms with Gasteiger partial charge in [-0.2, -0.15) is 0 Å². The van der Waals surface area contributed by atoms with E-state index in [1.54, 1.807) is 13.2 Å². The van der Waals surface area contributed by atoms with Gasteiger partial charge in [-0.15, -0.1) is 10.2 Å². The molecular formula is C25H21N3O2. The Morgan fingerprint density at radius 1 is 0.767 bits per heavy atom. The van der Waals surface area contributed by atoms with E-state index in [2.05, 4.69) is 15.5 Å². The molecule has 0 atom stereocenters. The molecule has 4 rings (SSSR count). The van der Waals surface area contributed by atoms with Crippen LogP contribution in [0.25, 0.3) is 11.3 Å². The molecule has 1 amide bonds. The van der Waals surface area contributed by atoms with E-state index in [1.807, 2.05) is 91.0 Å². The summed E-state index contributed by atoms with van der Waals surface area (Å²) in [7, 11) is 1.55. The van der Waals surface area contributed by atoms with Gasteiger partial charge >= 0.3 is 0 Å². The number of amides is 1. The minimum absolute atomic E-state index is 0.0793. The summed E-state index contributed by atoms with van der Waals surface area (Å²) in [5.41, 5.74) is 4.27. The van der Waals surface area contributed by atoms with Crippen LogP contribution in [0.15, 0.2) is 97.1 Å². The highest BCUT2D eigenvalue weighted by Gasteiger charge is 2.22. The lowest BCUT2D eigenvalue weighted by Gasteiger charge is -2.18. The van der Waals surface area contributed by atoms with Gasteiger partial charge in [-0.25, -0.2) is 0 Å². The minimum Gasteiger partial charge on any atom is -0.480 e. The summed E-state index contributed by atoms with van der Waals surface area (Å²) in [6.45, 7) is 0. The van der Waals surface area contributed by atoms with Gasteiger partial charge in [-0.05, 0) is 29.3 Å². The van der Waals surface area contributed by atoms with Crippen molar-refractivity contribution in [2.24, 2.45) is 0 Å². The number of benzene rings is 3. The number of carbonyl (C=O) groups is 1. The molecule has 1 N–H and O–H groups in total. The van der Waals surface area contributed by atoms with Crippen molar-refractivity contribution in [2.45, 2.75) is 5.92 Å². The number of nitrogens with zero attached hydrogens (tertiary/aromatic N) is 2. The van der Waals surface area contributed by atoms with Crippen molar-refractivity contribution >= 4 is 11.6 Å². The van der Waals surface area contributed by atoms with Crippen LogP contribution in [0.2, 0.25) is 0 Å². The maximum Gasteiger partial charge on any atom is 0.236 e. The molecule has 0 spiro atoms. The molecule has 5 heteroatoms. The molecule has 1 heterocycles. The summed E-state index contributed by atoms with van der Waals surface area (Å²) in [5.74, 6) is -0.000537. The second-order valence-corrected chi connectivity index (χ2v) is 6.78. The van der Waals surface area contributed by atoms with Crippen LogP contribution in [0.3, 0.4) is 0 Å². The molecule has 4 aromatic rings. The third kappa shape index (κ3) is 4.36.